The fourth-order valence-electron chi connectivity index (χ4n) is 0.950. The first kappa shape index (κ1) is 9.32. The van der Waals surface area contributed by atoms with Crippen molar-refractivity contribution in [3.05, 3.63) is 35.4 Å². The highest BCUT2D eigenvalue weighted by atomic mass is 14.5. The highest BCUT2D eigenvalue weighted by Crippen LogP contribution is 2.03. The van der Waals surface area contributed by atoms with Gasteiger partial charge in [-0.05, 0) is 17.7 Å². The van der Waals surface area contributed by atoms with Crippen molar-refractivity contribution in [1.82, 2.24) is 0 Å². The van der Waals surface area contributed by atoms with Crippen LogP contribution in [0.25, 0.3) is 0 Å². The third kappa shape index (κ3) is 2.99. The van der Waals surface area contributed by atoms with Crippen LogP contribution in [0.1, 0.15) is 11.1 Å². The number of hydrogen-bond acceptors (Lipinski definition) is 2. The van der Waals surface area contributed by atoms with E-state index in [-0.39, 0.29) is 0 Å². The van der Waals surface area contributed by atoms with Gasteiger partial charge in [0.15, 0.2) is 0 Å². The van der Waals surface area contributed by atoms with Crippen LogP contribution < -0.4 is 5.73 Å². The first-order chi connectivity index (χ1) is 6.36. The van der Waals surface area contributed by atoms with Gasteiger partial charge in [0.1, 0.15) is 0 Å². The van der Waals surface area contributed by atoms with E-state index in [2.05, 4.69) is 17.9 Å². The standard InChI is InChI=1S/C11H10N2/c12-8-1-2-10-3-5-11(6-4-10)7-9-13/h3-6H,7-8,12H2. The second kappa shape index (κ2) is 4.98. The average Bonchev–Trinajstić information content (AvgIpc) is 2.17. The smallest absolute Gasteiger partial charge is 0.0669 e. The minimum Gasteiger partial charge on any atom is -0.320 e. The molecular formula is C11H10N2. The zero-order chi connectivity index (χ0) is 9.52. The molecule has 2 nitrogen and oxygen atoms in total. The monoisotopic (exact) mass is 170 g/mol. The van der Waals surface area contributed by atoms with E-state index < -0.39 is 0 Å². The number of rotatable bonds is 1. The highest BCUT2D eigenvalue weighted by molar-refractivity contribution is 5.36. The fourth-order valence-corrected chi connectivity index (χ4v) is 0.950. The van der Waals surface area contributed by atoms with Gasteiger partial charge in [0.2, 0.25) is 0 Å². The van der Waals surface area contributed by atoms with Gasteiger partial charge < -0.3 is 5.73 Å². The first-order valence-corrected chi connectivity index (χ1v) is 4.01. The van der Waals surface area contributed by atoms with Crippen LogP contribution in [0.3, 0.4) is 0 Å². The quantitative estimate of drug-likeness (QED) is 0.641. The maximum atomic E-state index is 8.44. The molecule has 0 fully saturated rings. The molecule has 0 radical (unpaired) electrons. The minimum absolute atomic E-state index is 0.375. The molecular weight excluding hydrogens is 160 g/mol. The predicted octanol–water partition coefficient (Wildman–Crippen LogP) is 1.06. The minimum atomic E-state index is 0.375. The Morgan fingerprint density at radius 2 is 1.92 bits per heavy atom. The Kier molecular flexibility index (Phi) is 3.57. The molecule has 0 atom stereocenters. The molecule has 64 valence electrons. The summed E-state index contributed by atoms with van der Waals surface area (Å²) in [6.07, 6.45) is 0.449. The van der Waals surface area contributed by atoms with Crippen molar-refractivity contribution in [2.75, 3.05) is 6.54 Å². The van der Waals surface area contributed by atoms with Gasteiger partial charge in [0.05, 0.1) is 19.0 Å². The number of nitrogens with two attached hydrogens (primary N) is 1. The van der Waals surface area contributed by atoms with Crippen LogP contribution in [0.2, 0.25) is 0 Å². The first-order valence-electron chi connectivity index (χ1n) is 4.01. The normalized spacial score (nSPS) is 8.31. The molecule has 1 aromatic carbocycles. The Morgan fingerprint density at radius 3 is 2.46 bits per heavy atom. The molecule has 2 N–H and O–H groups in total. The second-order valence-corrected chi connectivity index (χ2v) is 2.54. The number of hydrogen-bond donors (Lipinski definition) is 1. The van der Waals surface area contributed by atoms with Crippen LogP contribution in [0.4, 0.5) is 0 Å². The lowest BCUT2D eigenvalue weighted by Gasteiger charge is -1.93. The van der Waals surface area contributed by atoms with Crippen molar-refractivity contribution in [3.8, 4) is 17.9 Å². The molecule has 13 heavy (non-hydrogen) atoms. The molecule has 2 heteroatoms. The van der Waals surface area contributed by atoms with Gasteiger partial charge in [-0.3, -0.25) is 0 Å². The zero-order valence-corrected chi connectivity index (χ0v) is 7.25. The number of nitriles is 1. The van der Waals surface area contributed by atoms with Gasteiger partial charge in [-0.2, -0.15) is 5.26 Å². The molecule has 0 saturated heterocycles. The maximum Gasteiger partial charge on any atom is 0.0669 e. The Morgan fingerprint density at radius 1 is 1.23 bits per heavy atom. The van der Waals surface area contributed by atoms with Gasteiger partial charge in [0, 0.05) is 5.56 Å². The van der Waals surface area contributed by atoms with Gasteiger partial charge in [0.25, 0.3) is 0 Å². The van der Waals surface area contributed by atoms with Crippen molar-refractivity contribution in [2.45, 2.75) is 6.42 Å². The topological polar surface area (TPSA) is 49.8 Å². The summed E-state index contributed by atoms with van der Waals surface area (Å²) in [5, 5.41) is 8.44. The Labute approximate surface area is 78.0 Å². The Balaban J connectivity index is 2.76. The molecule has 0 bridgehead atoms. The Bertz CT molecular complexity index is 360. The molecule has 1 rings (SSSR count). The summed E-state index contributed by atoms with van der Waals surface area (Å²) in [4.78, 5) is 0. The van der Waals surface area contributed by atoms with E-state index in [0.717, 1.165) is 11.1 Å². The van der Waals surface area contributed by atoms with Crippen LogP contribution in [0.5, 0.6) is 0 Å². The summed E-state index contributed by atoms with van der Waals surface area (Å²) in [6.45, 7) is 0.375. The highest BCUT2D eigenvalue weighted by Gasteiger charge is 1.90. The molecule has 0 aromatic heterocycles. The molecule has 0 saturated carbocycles. The molecule has 0 heterocycles. The SMILES string of the molecule is N#CCc1ccc(C#CCN)cc1. The number of nitrogens with zero attached hydrogens (tertiary/aromatic N) is 1. The van der Waals surface area contributed by atoms with Crippen molar-refractivity contribution >= 4 is 0 Å². The lowest BCUT2D eigenvalue weighted by Crippen LogP contribution is -1.93. The van der Waals surface area contributed by atoms with E-state index in [1.54, 1.807) is 0 Å². The van der Waals surface area contributed by atoms with E-state index in [9.17, 15) is 0 Å². The molecule has 1 aromatic rings. The van der Waals surface area contributed by atoms with E-state index in [1.807, 2.05) is 24.3 Å². The van der Waals surface area contributed by atoms with Crippen LogP contribution in [0.15, 0.2) is 24.3 Å². The van der Waals surface area contributed by atoms with E-state index in [1.165, 1.54) is 0 Å². The average molecular weight is 170 g/mol. The second-order valence-electron chi connectivity index (χ2n) is 2.54. The van der Waals surface area contributed by atoms with Gasteiger partial charge in [-0.25, -0.2) is 0 Å². The van der Waals surface area contributed by atoms with Crippen LogP contribution in [-0.2, 0) is 6.42 Å². The van der Waals surface area contributed by atoms with Crippen molar-refractivity contribution in [2.24, 2.45) is 5.73 Å². The third-order valence-electron chi connectivity index (χ3n) is 1.57. The van der Waals surface area contributed by atoms with E-state index in [4.69, 9.17) is 11.0 Å². The lowest BCUT2D eigenvalue weighted by molar-refractivity contribution is 1.26. The molecule has 0 aliphatic carbocycles. The molecule has 0 unspecified atom stereocenters. The summed E-state index contributed by atoms with van der Waals surface area (Å²) < 4.78 is 0. The summed E-state index contributed by atoms with van der Waals surface area (Å²) >= 11 is 0. The van der Waals surface area contributed by atoms with Crippen molar-refractivity contribution < 1.29 is 0 Å². The maximum absolute atomic E-state index is 8.44. The Hall–Kier alpha value is -1.77. The van der Waals surface area contributed by atoms with Gasteiger partial charge in [-0.15, -0.1) is 0 Å². The summed E-state index contributed by atoms with van der Waals surface area (Å²) in [7, 11) is 0. The predicted molar refractivity (Wildman–Crippen MR) is 51.7 cm³/mol. The summed E-state index contributed by atoms with van der Waals surface area (Å²) in [5.74, 6) is 5.68. The number of benzene rings is 1. The molecule has 0 amide bonds. The van der Waals surface area contributed by atoms with E-state index in [0.29, 0.717) is 13.0 Å². The molecule has 0 aliphatic rings. The zero-order valence-electron chi connectivity index (χ0n) is 7.25. The fraction of sp³-hybridized carbons (Fsp3) is 0.182. The molecule has 0 spiro atoms. The van der Waals surface area contributed by atoms with Crippen LogP contribution in [-0.4, -0.2) is 6.54 Å². The third-order valence-corrected chi connectivity index (χ3v) is 1.57. The van der Waals surface area contributed by atoms with Crippen molar-refractivity contribution in [3.63, 3.8) is 0 Å². The van der Waals surface area contributed by atoms with Crippen LogP contribution in [0, 0.1) is 23.2 Å². The van der Waals surface area contributed by atoms with E-state index >= 15 is 0 Å². The van der Waals surface area contributed by atoms with Crippen LogP contribution >= 0.6 is 0 Å². The lowest BCUT2D eigenvalue weighted by atomic mass is 10.1. The van der Waals surface area contributed by atoms with Gasteiger partial charge >= 0.3 is 0 Å². The largest absolute Gasteiger partial charge is 0.320 e. The van der Waals surface area contributed by atoms with Crippen molar-refractivity contribution in [1.29, 1.82) is 5.26 Å². The summed E-state index contributed by atoms with van der Waals surface area (Å²) in [5.41, 5.74) is 7.19. The van der Waals surface area contributed by atoms with Gasteiger partial charge in [-0.1, -0.05) is 24.0 Å². The summed E-state index contributed by atoms with van der Waals surface area (Å²) in [6, 6.07) is 9.70. The molecule has 0 aliphatic heterocycles.